The van der Waals surface area contributed by atoms with Gasteiger partial charge in [0.15, 0.2) is 0 Å². The average Bonchev–Trinajstić information content (AvgIpc) is 4.02. The molecule has 0 N–H and O–H groups in total. The molecule has 1 saturated carbocycles. The number of piperidine rings is 2. The zero-order valence-electron chi connectivity index (χ0n) is 39.6. The Hall–Kier alpha value is -4.28. The summed E-state index contributed by atoms with van der Waals surface area (Å²) in [6.07, 6.45) is 8.98. The molecule has 0 unspecified atom stereocenters. The number of rotatable bonds is 15. The molecule has 3 saturated heterocycles. The number of ketones is 2. The number of amides is 3. The second-order valence-corrected chi connectivity index (χ2v) is 17.5. The van der Waals surface area contributed by atoms with Crippen LogP contribution < -0.4 is 9.47 Å². The molecule has 3 amide bonds. The van der Waals surface area contributed by atoms with E-state index in [1.54, 1.807) is 34.1 Å². The van der Waals surface area contributed by atoms with Crippen molar-refractivity contribution in [1.82, 2.24) is 19.6 Å². The van der Waals surface area contributed by atoms with E-state index in [4.69, 9.17) is 0 Å². The van der Waals surface area contributed by atoms with Crippen LogP contribution in [0.2, 0.25) is 0 Å². The number of alkyl halides is 4. The molecule has 3 aliphatic heterocycles. The van der Waals surface area contributed by atoms with Crippen LogP contribution in [0.25, 0.3) is 0 Å². The number of nitrogens with zero attached hydrogens (tertiary/aromatic N) is 4. The molecule has 6 rings (SSSR count). The number of likely N-dealkylation sites (tertiary alicyclic amines) is 3. The zero-order chi connectivity index (χ0) is 48.8. The third-order valence-electron chi connectivity index (χ3n) is 12.6. The van der Waals surface area contributed by atoms with E-state index in [2.05, 4.69) is 46.7 Å². The summed E-state index contributed by atoms with van der Waals surface area (Å²) in [5, 5.41) is -0.361. The smallest absolute Gasteiger partial charge is 0.387 e. The van der Waals surface area contributed by atoms with Crippen molar-refractivity contribution in [2.75, 3.05) is 52.4 Å². The quantitative estimate of drug-likeness (QED) is 0.127. The predicted octanol–water partition coefficient (Wildman–Crippen LogP) is 9.02. The first-order valence-electron chi connectivity index (χ1n) is 23.3. The van der Waals surface area contributed by atoms with E-state index in [9.17, 15) is 46.3 Å². The lowest BCUT2D eigenvalue weighted by Gasteiger charge is -2.35. The lowest BCUT2D eigenvalue weighted by molar-refractivity contribution is -0.144. The molecular weight excluding hydrogens is 919 g/mol. The van der Waals surface area contributed by atoms with Crippen LogP contribution in [0.5, 0.6) is 11.5 Å². The van der Waals surface area contributed by atoms with Crippen molar-refractivity contribution in [2.24, 2.45) is 17.8 Å². The van der Waals surface area contributed by atoms with Crippen LogP contribution in [0, 0.1) is 17.8 Å². The molecule has 12 nitrogen and oxygen atoms in total. The van der Waals surface area contributed by atoms with E-state index in [-0.39, 0.29) is 95.1 Å². The molecule has 0 spiro atoms. The minimum absolute atomic E-state index is 0. The maximum atomic E-state index is 12.8. The lowest BCUT2D eigenvalue weighted by Crippen LogP contribution is -2.50. The first-order chi connectivity index (χ1) is 31.4. The second kappa shape index (κ2) is 31.0. The highest BCUT2D eigenvalue weighted by Crippen LogP contribution is 2.30. The Labute approximate surface area is 404 Å². The van der Waals surface area contributed by atoms with E-state index in [0.717, 1.165) is 43.2 Å². The predicted molar refractivity (Wildman–Crippen MR) is 252 cm³/mol. The van der Waals surface area contributed by atoms with E-state index in [1.807, 2.05) is 4.90 Å². The van der Waals surface area contributed by atoms with Gasteiger partial charge in [-0.3, -0.25) is 28.8 Å². The van der Waals surface area contributed by atoms with Crippen molar-refractivity contribution in [2.45, 2.75) is 131 Å². The van der Waals surface area contributed by atoms with Gasteiger partial charge in [-0.05, 0) is 118 Å². The fourth-order valence-electron chi connectivity index (χ4n) is 8.83. The van der Waals surface area contributed by atoms with Crippen LogP contribution in [0.1, 0.15) is 110 Å². The first-order valence-corrected chi connectivity index (χ1v) is 23.7. The molecule has 1 aliphatic carbocycles. The molecule has 2 aromatic rings. The van der Waals surface area contributed by atoms with Gasteiger partial charge in [-0.1, -0.05) is 57.9 Å². The Morgan fingerprint density at radius 3 is 1.28 bits per heavy atom. The molecule has 1 atom stereocenters. The standard InChI is InChI=1S/C21H26F2N2O4.C20H25F2NO3.C6H15N.C2H3ClO.ClH/c1-14(26)25-10-2-3-18(25)20(28)24-11-8-16(9-12-24)19(27)13-15-4-6-17(7-5-15)29-21(22)23;21-20(22)26-17-7-5-14(6-8-17)13-18(24)15-9-11-23(12-10-15)19(25)16-3-1-2-4-16;1-4-7(5-2)6-3;1-2(3)4;/h4-7,16,18,21H,2-3,8-13H2,1H3;5-8,15-16,20H,1-4,9-13H2;4-6H2,1-3H3;1H3;1H/t18-;;;;/m1..../s1. The average molecular weight is 990 g/mol. The third-order valence-corrected chi connectivity index (χ3v) is 12.6. The molecular formula is C49H70Cl2F4N4O8. The highest BCUT2D eigenvalue weighted by molar-refractivity contribution is 6.62. The van der Waals surface area contributed by atoms with Crippen LogP contribution in [0.15, 0.2) is 48.5 Å². The fraction of sp³-hybridized carbons (Fsp3) is 0.633. The number of hydrogen-bond acceptors (Lipinski definition) is 9. The Bertz CT molecular complexity index is 1810. The van der Waals surface area contributed by atoms with Crippen molar-refractivity contribution >= 4 is 58.5 Å². The minimum atomic E-state index is -2.87. The van der Waals surface area contributed by atoms with Gasteiger partial charge in [0.2, 0.25) is 23.0 Å². The van der Waals surface area contributed by atoms with Gasteiger partial charge in [-0.15, -0.1) is 12.4 Å². The molecule has 4 aliphatic rings. The van der Waals surface area contributed by atoms with Crippen LogP contribution >= 0.6 is 24.0 Å². The number of hydrogen-bond donors (Lipinski definition) is 0. The van der Waals surface area contributed by atoms with Gasteiger partial charge in [-0.2, -0.15) is 17.6 Å². The number of benzene rings is 2. The summed E-state index contributed by atoms with van der Waals surface area (Å²) in [6, 6.07) is 11.9. The molecule has 376 valence electrons. The lowest BCUT2D eigenvalue weighted by atomic mass is 9.88. The van der Waals surface area contributed by atoms with Crippen molar-refractivity contribution in [3.05, 3.63) is 59.7 Å². The number of ether oxygens (including phenoxy) is 2. The molecule has 4 fully saturated rings. The highest BCUT2D eigenvalue weighted by Gasteiger charge is 2.37. The largest absolute Gasteiger partial charge is 0.435 e. The Balaban J connectivity index is 0.000000373. The van der Waals surface area contributed by atoms with E-state index in [0.29, 0.717) is 64.8 Å². The van der Waals surface area contributed by atoms with Crippen LogP contribution in [0.4, 0.5) is 17.6 Å². The van der Waals surface area contributed by atoms with Gasteiger partial charge in [0.25, 0.3) is 0 Å². The van der Waals surface area contributed by atoms with Crippen molar-refractivity contribution in [1.29, 1.82) is 0 Å². The van der Waals surface area contributed by atoms with Gasteiger partial charge >= 0.3 is 13.2 Å². The van der Waals surface area contributed by atoms with E-state index >= 15 is 0 Å². The minimum Gasteiger partial charge on any atom is -0.435 e. The van der Waals surface area contributed by atoms with Crippen LogP contribution in [-0.4, -0.2) is 126 Å². The maximum absolute atomic E-state index is 12.8. The van der Waals surface area contributed by atoms with Crippen molar-refractivity contribution < 1.29 is 55.8 Å². The summed E-state index contributed by atoms with van der Waals surface area (Å²) in [7, 11) is 0. The highest BCUT2D eigenvalue weighted by atomic mass is 35.5. The SMILES string of the molecule is CC(=O)Cl.CC(=O)N1CCC[C@@H]1C(=O)N1CCC(C(=O)Cc2ccc(OC(F)F)cc2)CC1.CCN(CC)CC.Cl.O=C(Cc1ccc(OC(F)F)cc1)C1CCN(C(=O)C2CCCC2)CC1. The summed E-state index contributed by atoms with van der Waals surface area (Å²) in [5.74, 6) is 0.618. The Kier molecular flexibility index (Phi) is 27.2. The van der Waals surface area contributed by atoms with Gasteiger partial charge < -0.3 is 29.1 Å². The molecule has 2 aromatic carbocycles. The fourth-order valence-corrected chi connectivity index (χ4v) is 8.83. The van der Waals surface area contributed by atoms with Gasteiger partial charge in [-0.25, -0.2) is 0 Å². The molecule has 0 bridgehead atoms. The summed E-state index contributed by atoms with van der Waals surface area (Å²) < 4.78 is 57.3. The summed E-state index contributed by atoms with van der Waals surface area (Å²) >= 11 is 4.64. The van der Waals surface area contributed by atoms with E-state index in [1.165, 1.54) is 57.7 Å². The Morgan fingerprint density at radius 2 is 0.955 bits per heavy atom. The summed E-state index contributed by atoms with van der Waals surface area (Å²) in [4.78, 5) is 78.9. The number of carbonyl (C=O) groups is 6. The van der Waals surface area contributed by atoms with E-state index < -0.39 is 13.2 Å². The van der Waals surface area contributed by atoms with Crippen LogP contribution in [-0.2, 0) is 41.6 Å². The number of halogens is 6. The third kappa shape index (κ3) is 20.9. The Morgan fingerprint density at radius 1 is 0.582 bits per heavy atom. The number of Topliss-reactive ketones (excluding diaryl/α,β-unsaturated/α-hetero) is 2. The van der Waals surface area contributed by atoms with Gasteiger partial charge in [0, 0.05) is 77.2 Å². The normalized spacial score (nSPS) is 17.6. The summed E-state index contributed by atoms with van der Waals surface area (Å²) in [5.41, 5.74) is 1.54. The maximum Gasteiger partial charge on any atom is 0.387 e. The van der Waals surface area contributed by atoms with Gasteiger partial charge in [0.1, 0.15) is 29.1 Å². The van der Waals surface area contributed by atoms with Gasteiger partial charge in [0.05, 0.1) is 0 Å². The summed E-state index contributed by atoms with van der Waals surface area (Å²) in [6.45, 7) is 10.2. The van der Waals surface area contributed by atoms with Crippen LogP contribution in [0.3, 0.4) is 0 Å². The van der Waals surface area contributed by atoms with Crippen molar-refractivity contribution in [3.63, 3.8) is 0 Å². The topological polar surface area (TPSA) is 134 Å². The molecule has 0 radical (unpaired) electrons. The molecule has 67 heavy (non-hydrogen) atoms. The molecule has 18 heteroatoms. The zero-order valence-corrected chi connectivity index (χ0v) is 41.2. The number of carbonyl (C=O) groups excluding carboxylic acids is 6. The second-order valence-electron chi connectivity index (χ2n) is 17.0. The first kappa shape index (κ1) is 58.8. The molecule has 3 heterocycles. The van der Waals surface area contributed by atoms with Crippen molar-refractivity contribution in [3.8, 4) is 11.5 Å². The monoisotopic (exact) mass is 988 g/mol. The molecule has 0 aromatic heterocycles.